The van der Waals surface area contributed by atoms with Crippen LogP contribution in [0.2, 0.25) is 0 Å². The number of anilines is 1. The van der Waals surface area contributed by atoms with E-state index in [9.17, 15) is 0 Å². The Kier molecular flexibility index (Phi) is 8.53. The Morgan fingerprint density at radius 1 is 1.18 bits per heavy atom. The third kappa shape index (κ3) is 5.36. The number of halogens is 1. The first-order valence-electron chi connectivity index (χ1n) is 9.78. The molecule has 8 heteroatoms. The molecule has 3 rings (SSSR count). The summed E-state index contributed by atoms with van der Waals surface area (Å²) in [4.78, 5) is 14.0. The molecule has 1 aliphatic heterocycles. The number of aliphatic imine (C=N–C) groups is 1. The van der Waals surface area contributed by atoms with Crippen molar-refractivity contribution in [1.82, 2.24) is 25.0 Å². The van der Waals surface area contributed by atoms with Crippen molar-refractivity contribution in [2.24, 2.45) is 12.0 Å². The van der Waals surface area contributed by atoms with Gasteiger partial charge in [0.2, 0.25) is 0 Å². The van der Waals surface area contributed by atoms with Crippen molar-refractivity contribution in [3.8, 4) is 0 Å². The minimum absolute atomic E-state index is 0. The minimum atomic E-state index is 0. The van der Waals surface area contributed by atoms with Crippen LogP contribution in [0.1, 0.15) is 23.9 Å². The lowest BCUT2D eigenvalue weighted by molar-refractivity contribution is 0.371. The molecule has 2 aromatic heterocycles. The van der Waals surface area contributed by atoms with Crippen LogP contribution in [0.4, 0.5) is 5.82 Å². The van der Waals surface area contributed by atoms with E-state index in [1.807, 2.05) is 30.1 Å². The Hall–Kier alpha value is -1.84. The Bertz CT molecular complexity index is 764. The fourth-order valence-corrected chi connectivity index (χ4v) is 3.57. The molecule has 0 radical (unpaired) electrons. The van der Waals surface area contributed by atoms with Gasteiger partial charge in [-0.15, -0.1) is 24.0 Å². The van der Waals surface area contributed by atoms with Gasteiger partial charge in [-0.3, -0.25) is 9.67 Å². The summed E-state index contributed by atoms with van der Waals surface area (Å²) >= 11 is 0. The highest BCUT2D eigenvalue weighted by Crippen LogP contribution is 2.14. The van der Waals surface area contributed by atoms with Crippen LogP contribution in [0, 0.1) is 13.8 Å². The lowest BCUT2D eigenvalue weighted by atomic mass is 10.1. The second kappa shape index (κ2) is 10.6. The van der Waals surface area contributed by atoms with Crippen LogP contribution in [0.25, 0.3) is 0 Å². The molecule has 1 saturated heterocycles. The van der Waals surface area contributed by atoms with Crippen molar-refractivity contribution in [2.75, 3.05) is 44.2 Å². The zero-order valence-corrected chi connectivity index (χ0v) is 19.7. The van der Waals surface area contributed by atoms with Gasteiger partial charge in [-0.2, -0.15) is 5.10 Å². The number of pyridine rings is 1. The van der Waals surface area contributed by atoms with E-state index in [1.165, 1.54) is 11.3 Å². The van der Waals surface area contributed by atoms with Crippen LogP contribution in [-0.2, 0) is 13.5 Å². The third-order valence-corrected chi connectivity index (χ3v) is 5.17. The zero-order valence-electron chi connectivity index (χ0n) is 17.4. The van der Waals surface area contributed by atoms with E-state index in [4.69, 9.17) is 4.99 Å². The number of hydrogen-bond acceptors (Lipinski definition) is 4. The normalized spacial score (nSPS) is 14.8. The van der Waals surface area contributed by atoms with Crippen LogP contribution in [-0.4, -0.2) is 64.9 Å². The number of guanidine groups is 1. The number of rotatable bonds is 5. The summed E-state index contributed by atoms with van der Waals surface area (Å²) in [5.41, 5.74) is 3.66. The van der Waals surface area contributed by atoms with Gasteiger partial charge in [0, 0.05) is 58.2 Å². The molecule has 1 aliphatic rings. The van der Waals surface area contributed by atoms with Gasteiger partial charge in [-0.1, -0.05) is 6.07 Å². The van der Waals surface area contributed by atoms with Gasteiger partial charge >= 0.3 is 0 Å². The van der Waals surface area contributed by atoms with E-state index in [-0.39, 0.29) is 24.0 Å². The number of aryl methyl sites for hydroxylation is 2. The van der Waals surface area contributed by atoms with Gasteiger partial charge in [-0.25, -0.2) is 4.98 Å². The maximum absolute atomic E-state index is 4.88. The maximum atomic E-state index is 4.88. The van der Waals surface area contributed by atoms with Crippen molar-refractivity contribution < 1.29 is 0 Å². The Morgan fingerprint density at radius 2 is 1.93 bits per heavy atom. The Morgan fingerprint density at radius 3 is 2.50 bits per heavy atom. The quantitative estimate of drug-likeness (QED) is 0.391. The predicted molar refractivity (Wildman–Crippen MR) is 126 cm³/mol. The van der Waals surface area contributed by atoms with Crippen LogP contribution in [0.5, 0.6) is 0 Å². The van der Waals surface area contributed by atoms with Crippen molar-refractivity contribution in [1.29, 1.82) is 0 Å². The molecule has 154 valence electrons. The van der Waals surface area contributed by atoms with E-state index in [1.54, 1.807) is 0 Å². The van der Waals surface area contributed by atoms with E-state index >= 15 is 0 Å². The molecule has 0 saturated carbocycles. The summed E-state index contributed by atoms with van der Waals surface area (Å²) in [6.45, 7) is 11.8. The second-order valence-electron chi connectivity index (χ2n) is 6.92. The molecule has 0 aromatic carbocycles. The summed E-state index contributed by atoms with van der Waals surface area (Å²) in [6, 6.07) is 6.08. The Labute approximate surface area is 185 Å². The first kappa shape index (κ1) is 22.4. The molecule has 1 fully saturated rings. The monoisotopic (exact) mass is 497 g/mol. The van der Waals surface area contributed by atoms with Gasteiger partial charge < -0.3 is 15.1 Å². The van der Waals surface area contributed by atoms with E-state index in [0.29, 0.717) is 0 Å². The number of aromatic nitrogens is 3. The van der Waals surface area contributed by atoms with E-state index in [2.05, 4.69) is 52.0 Å². The first-order valence-corrected chi connectivity index (χ1v) is 9.78. The number of nitrogens with one attached hydrogen (secondary N) is 1. The third-order valence-electron chi connectivity index (χ3n) is 5.17. The topological polar surface area (TPSA) is 61.6 Å². The number of hydrogen-bond donors (Lipinski definition) is 1. The average molecular weight is 497 g/mol. The summed E-state index contributed by atoms with van der Waals surface area (Å²) in [6.07, 6.45) is 2.78. The highest BCUT2D eigenvalue weighted by atomic mass is 127. The molecule has 0 spiro atoms. The van der Waals surface area contributed by atoms with Gasteiger partial charge in [0.1, 0.15) is 5.82 Å². The molecule has 0 bridgehead atoms. The first-order chi connectivity index (χ1) is 13.1. The van der Waals surface area contributed by atoms with Gasteiger partial charge in [0.25, 0.3) is 0 Å². The summed E-state index contributed by atoms with van der Waals surface area (Å²) < 4.78 is 1.95. The van der Waals surface area contributed by atoms with Crippen LogP contribution >= 0.6 is 24.0 Å². The number of piperazine rings is 1. The van der Waals surface area contributed by atoms with E-state index in [0.717, 1.165) is 63.2 Å². The smallest absolute Gasteiger partial charge is 0.194 e. The van der Waals surface area contributed by atoms with Crippen molar-refractivity contribution in [3.05, 3.63) is 41.3 Å². The fourth-order valence-electron chi connectivity index (χ4n) is 3.57. The van der Waals surface area contributed by atoms with Gasteiger partial charge in [0.15, 0.2) is 5.96 Å². The molecule has 0 unspecified atom stereocenters. The summed E-state index contributed by atoms with van der Waals surface area (Å²) in [7, 11) is 2.00. The molecule has 28 heavy (non-hydrogen) atoms. The summed E-state index contributed by atoms with van der Waals surface area (Å²) in [5, 5.41) is 7.95. The van der Waals surface area contributed by atoms with Crippen molar-refractivity contribution in [3.63, 3.8) is 0 Å². The lowest BCUT2D eigenvalue weighted by Crippen LogP contribution is -2.52. The lowest BCUT2D eigenvalue weighted by Gasteiger charge is -2.37. The maximum Gasteiger partial charge on any atom is 0.194 e. The minimum Gasteiger partial charge on any atom is -0.357 e. The molecule has 7 nitrogen and oxygen atoms in total. The molecular formula is C20H32IN7. The highest BCUT2D eigenvalue weighted by molar-refractivity contribution is 14.0. The van der Waals surface area contributed by atoms with Crippen LogP contribution < -0.4 is 10.2 Å². The van der Waals surface area contributed by atoms with Crippen LogP contribution in [0.3, 0.4) is 0 Å². The highest BCUT2D eigenvalue weighted by Gasteiger charge is 2.20. The molecule has 0 amide bonds. The molecule has 2 aromatic rings. The summed E-state index contributed by atoms with van der Waals surface area (Å²) in [5.74, 6) is 2.07. The predicted octanol–water partition coefficient (Wildman–Crippen LogP) is 2.38. The molecular weight excluding hydrogens is 465 g/mol. The van der Waals surface area contributed by atoms with Crippen molar-refractivity contribution >= 4 is 35.8 Å². The molecule has 3 heterocycles. The van der Waals surface area contributed by atoms with E-state index < -0.39 is 0 Å². The second-order valence-corrected chi connectivity index (χ2v) is 6.92. The van der Waals surface area contributed by atoms with Crippen LogP contribution in [0.15, 0.2) is 29.4 Å². The van der Waals surface area contributed by atoms with Gasteiger partial charge in [-0.05, 0) is 44.9 Å². The number of nitrogens with zero attached hydrogens (tertiary/aromatic N) is 6. The molecule has 1 N–H and O–H groups in total. The fraction of sp³-hybridized carbons (Fsp3) is 0.550. The largest absolute Gasteiger partial charge is 0.357 e. The standard InChI is InChI=1S/C20H31N7.HI/c1-5-21-20(23-11-9-18-16(2)24-25(4)17(18)3)27-14-12-26(13-15-27)19-8-6-7-10-22-19;/h6-8,10H,5,9,11-15H2,1-4H3,(H,21,23);1H. The van der Waals surface area contributed by atoms with Crippen molar-refractivity contribution in [2.45, 2.75) is 27.2 Å². The zero-order chi connectivity index (χ0) is 19.2. The molecule has 0 atom stereocenters. The SMILES string of the molecule is CCNC(=NCCc1c(C)nn(C)c1C)N1CCN(c2ccccn2)CC1.I. The Balaban J connectivity index is 0.00000280. The van der Waals surface area contributed by atoms with Gasteiger partial charge in [0.05, 0.1) is 5.69 Å². The average Bonchev–Trinajstić information content (AvgIpc) is 2.94. The molecule has 0 aliphatic carbocycles.